The van der Waals surface area contributed by atoms with Crippen LogP contribution in [0.5, 0.6) is 0 Å². The van der Waals surface area contributed by atoms with Crippen LogP contribution >= 0.6 is 0 Å². The maximum Gasteiger partial charge on any atom is 0.145 e. The minimum atomic E-state index is 0.749. The number of aromatic nitrogens is 2. The van der Waals surface area contributed by atoms with Crippen LogP contribution in [0.1, 0.15) is 0 Å². The molecule has 0 saturated heterocycles. The van der Waals surface area contributed by atoms with Crippen LogP contribution in [-0.2, 0) is 0 Å². The molecule has 24 heavy (non-hydrogen) atoms. The largest absolute Gasteiger partial charge is 0.298 e. The Hall–Kier alpha value is -3.07. The number of hydrogen-bond acceptors (Lipinski definition) is 1. The summed E-state index contributed by atoms with van der Waals surface area (Å²) in [6.45, 7) is 0. The fraction of sp³-hybridized carbons (Fsp3) is 0. The number of benzene rings is 3. The Morgan fingerprint density at radius 1 is 0.750 bits per heavy atom. The predicted molar refractivity (Wildman–Crippen MR) is 101 cm³/mol. The molecule has 0 aliphatic rings. The molecule has 2 heterocycles. The molecule has 3 heteroatoms. The van der Waals surface area contributed by atoms with Crippen molar-refractivity contribution in [3.63, 3.8) is 0 Å². The summed E-state index contributed by atoms with van der Waals surface area (Å²) in [6.07, 6.45) is 2.10. The first kappa shape index (κ1) is 13.4. The third-order valence-electron chi connectivity index (χ3n) is 4.51. The molecule has 110 valence electrons. The van der Waals surface area contributed by atoms with Gasteiger partial charge in [0.2, 0.25) is 0 Å². The molecule has 5 aromatic rings. The van der Waals surface area contributed by atoms with Crippen molar-refractivity contribution in [1.82, 2.24) is 9.38 Å². The lowest BCUT2D eigenvalue weighted by molar-refractivity contribution is 1.27. The highest BCUT2D eigenvalue weighted by Gasteiger charge is 2.12. The lowest BCUT2D eigenvalue weighted by atomic mass is 9.94. The van der Waals surface area contributed by atoms with E-state index in [1.54, 1.807) is 0 Å². The molecule has 2 radical (unpaired) electrons. The Bertz CT molecular complexity index is 1150. The van der Waals surface area contributed by atoms with Gasteiger partial charge in [0.05, 0.1) is 11.2 Å². The van der Waals surface area contributed by atoms with Crippen LogP contribution in [0.15, 0.2) is 79.0 Å². The molecule has 2 aromatic heterocycles. The summed E-state index contributed by atoms with van der Waals surface area (Å²) in [7, 11) is 5.94. The maximum absolute atomic E-state index is 5.94. The van der Waals surface area contributed by atoms with Crippen LogP contribution in [0.25, 0.3) is 38.6 Å². The van der Waals surface area contributed by atoms with Gasteiger partial charge in [-0.3, -0.25) is 4.40 Å². The Kier molecular flexibility index (Phi) is 2.77. The molecule has 0 N–H and O–H groups in total. The Morgan fingerprint density at radius 2 is 1.50 bits per heavy atom. The molecule has 0 bridgehead atoms. The van der Waals surface area contributed by atoms with E-state index in [1.807, 2.05) is 24.3 Å². The van der Waals surface area contributed by atoms with Gasteiger partial charge in [-0.1, -0.05) is 72.2 Å². The molecule has 0 aliphatic heterocycles. The predicted octanol–water partition coefficient (Wildman–Crippen LogP) is 4.10. The molecule has 2 nitrogen and oxygen atoms in total. The minimum Gasteiger partial charge on any atom is -0.298 e. The van der Waals surface area contributed by atoms with E-state index in [1.165, 1.54) is 10.8 Å². The first-order chi connectivity index (χ1) is 11.8. The van der Waals surface area contributed by atoms with Crippen molar-refractivity contribution < 1.29 is 0 Å². The molecule has 0 spiro atoms. The second-order valence-corrected chi connectivity index (χ2v) is 6.01. The number of nitrogens with zero attached hydrogens (tertiary/aromatic N) is 2. The summed E-state index contributed by atoms with van der Waals surface area (Å²) in [4.78, 5) is 4.91. The normalized spacial score (nSPS) is 11.5. The SMILES string of the molecule is [B]c1cccc(-c2cn3c4ccccc4c4ccccc4c3n2)c1. The third kappa shape index (κ3) is 1.88. The number of rotatable bonds is 1. The van der Waals surface area contributed by atoms with Crippen LogP contribution in [0.4, 0.5) is 0 Å². The van der Waals surface area contributed by atoms with Gasteiger partial charge < -0.3 is 0 Å². The first-order valence-corrected chi connectivity index (χ1v) is 7.96. The van der Waals surface area contributed by atoms with Crippen LogP contribution in [-0.4, -0.2) is 17.2 Å². The molecular weight excluding hydrogens is 291 g/mol. The number of para-hydroxylation sites is 1. The summed E-state index contributed by atoms with van der Waals surface area (Å²) in [5, 5.41) is 3.62. The molecule has 5 rings (SSSR count). The number of hydrogen-bond donors (Lipinski definition) is 0. The van der Waals surface area contributed by atoms with Crippen molar-refractivity contribution in [2.24, 2.45) is 0 Å². The third-order valence-corrected chi connectivity index (χ3v) is 4.51. The lowest BCUT2D eigenvalue weighted by Crippen LogP contribution is -2.00. The molecular formula is C21H13BN2. The summed E-state index contributed by atoms with van der Waals surface area (Å²) in [5.74, 6) is 0. The molecule has 0 amide bonds. The highest BCUT2D eigenvalue weighted by molar-refractivity contribution is 6.32. The summed E-state index contributed by atoms with van der Waals surface area (Å²) in [6, 6.07) is 24.7. The second-order valence-electron chi connectivity index (χ2n) is 6.01. The highest BCUT2D eigenvalue weighted by Crippen LogP contribution is 2.31. The van der Waals surface area contributed by atoms with Crippen molar-refractivity contribution in [2.75, 3.05) is 0 Å². The zero-order valence-corrected chi connectivity index (χ0v) is 13.0. The van der Waals surface area contributed by atoms with Gasteiger partial charge in [0.25, 0.3) is 0 Å². The fourth-order valence-electron chi connectivity index (χ4n) is 3.42. The van der Waals surface area contributed by atoms with E-state index in [0.717, 1.165) is 33.3 Å². The van der Waals surface area contributed by atoms with Gasteiger partial charge in [0.15, 0.2) is 0 Å². The molecule has 0 aliphatic carbocycles. The van der Waals surface area contributed by atoms with Crippen LogP contribution in [0.2, 0.25) is 0 Å². The van der Waals surface area contributed by atoms with Crippen molar-refractivity contribution in [3.05, 3.63) is 79.0 Å². The smallest absolute Gasteiger partial charge is 0.145 e. The zero-order chi connectivity index (χ0) is 16.1. The molecule has 3 aromatic carbocycles. The maximum atomic E-state index is 5.94. The molecule has 0 saturated carbocycles. The Balaban J connectivity index is 1.95. The standard InChI is InChI=1S/C21H13BN2/c22-15-7-5-6-14(12-15)19-13-24-20-11-4-3-9-17(20)16-8-1-2-10-18(16)21(24)23-19/h1-13H. The zero-order valence-electron chi connectivity index (χ0n) is 13.0. The number of pyridine rings is 1. The summed E-state index contributed by atoms with van der Waals surface area (Å²) in [5.41, 5.74) is 4.85. The fourth-order valence-corrected chi connectivity index (χ4v) is 3.42. The van der Waals surface area contributed by atoms with Gasteiger partial charge in [-0.15, -0.1) is 0 Å². The van der Waals surface area contributed by atoms with Crippen LogP contribution < -0.4 is 5.46 Å². The van der Waals surface area contributed by atoms with Gasteiger partial charge in [-0.25, -0.2) is 4.98 Å². The molecule has 0 unspecified atom stereocenters. The Labute approximate surface area is 140 Å². The van der Waals surface area contributed by atoms with Gasteiger partial charge >= 0.3 is 0 Å². The summed E-state index contributed by atoms with van der Waals surface area (Å²) < 4.78 is 2.18. The second kappa shape index (κ2) is 4.97. The average Bonchev–Trinajstić information content (AvgIpc) is 3.08. The van der Waals surface area contributed by atoms with E-state index in [2.05, 4.69) is 59.1 Å². The van der Waals surface area contributed by atoms with Gasteiger partial charge in [0, 0.05) is 22.5 Å². The van der Waals surface area contributed by atoms with Gasteiger partial charge in [-0.2, -0.15) is 0 Å². The van der Waals surface area contributed by atoms with E-state index in [9.17, 15) is 0 Å². The van der Waals surface area contributed by atoms with Gasteiger partial charge in [-0.05, 0) is 11.5 Å². The number of fused-ring (bicyclic) bond motifs is 6. The van der Waals surface area contributed by atoms with Crippen LogP contribution in [0, 0.1) is 0 Å². The Morgan fingerprint density at radius 3 is 2.33 bits per heavy atom. The topological polar surface area (TPSA) is 17.3 Å². The van der Waals surface area contributed by atoms with Crippen LogP contribution in [0.3, 0.4) is 0 Å². The highest BCUT2D eigenvalue weighted by atomic mass is 15.0. The average molecular weight is 304 g/mol. The van der Waals surface area contributed by atoms with E-state index >= 15 is 0 Å². The number of imidazole rings is 1. The lowest BCUT2D eigenvalue weighted by Gasteiger charge is -2.07. The first-order valence-electron chi connectivity index (χ1n) is 7.96. The van der Waals surface area contributed by atoms with E-state index < -0.39 is 0 Å². The van der Waals surface area contributed by atoms with Crippen molar-refractivity contribution in [1.29, 1.82) is 0 Å². The van der Waals surface area contributed by atoms with E-state index in [4.69, 9.17) is 12.8 Å². The van der Waals surface area contributed by atoms with E-state index in [-0.39, 0.29) is 0 Å². The minimum absolute atomic E-state index is 0.749. The van der Waals surface area contributed by atoms with Crippen molar-refractivity contribution >= 4 is 40.6 Å². The quantitative estimate of drug-likeness (QED) is 0.337. The molecule has 0 fully saturated rings. The summed E-state index contributed by atoms with van der Waals surface area (Å²) >= 11 is 0. The van der Waals surface area contributed by atoms with Crippen molar-refractivity contribution in [3.8, 4) is 11.3 Å². The van der Waals surface area contributed by atoms with Crippen molar-refractivity contribution in [2.45, 2.75) is 0 Å². The molecule has 0 atom stereocenters. The van der Waals surface area contributed by atoms with Gasteiger partial charge in [0.1, 0.15) is 13.5 Å². The monoisotopic (exact) mass is 304 g/mol. The van der Waals surface area contributed by atoms with E-state index in [0.29, 0.717) is 0 Å².